The lowest BCUT2D eigenvalue weighted by Crippen LogP contribution is -2.47. The monoisotopic (exact) mass is 396 g/mol. The van der Waals surface area contributed by atoms with Crippen LogP contribution in [0.25, 0.3) is 6.08 Å². The van der Waals surface area contributed by atoms with Crippen LogP contribution in [0.4, 0.5) is 0 Å². The van der Waals surface area contributed by atoms with Gasteiger partial charge in [0.15, 0.2) is 11.5 Å². The fraction of sp³-hybridized carbons (Fsp3) is 0.409. The number of ether oxygens (including phenoxy) is 2. The van der Waals surface area contributed by atoms with Crippen LogP contribution in [0.5, 0.6) is 11.5 Å². The number of amides is 1. The highest BCUT2D eigenvalue weighted by Crippen LogP contribution is 2.33. The summed E-state index contributed by atoms with van der Waals surface area (Å²) in [4.78, 5) is 18.7. The summed E-state index contributed by atoms with van der Waals surface area (Å²) in [5, 5.41) is 2.21. The maximum Gasteiger partial charge on any atom is 0.246 e. The zero-order chi connectivity index (χ0) is 18.9. The summed E-state index contributed by atoms with van der Waals surface area (Å²) in [5.41, 5.74) is 2.45. The summed E-state index contributed by atoms with van der Waals surface area (Å²) in [6, 6.07) is 8.60. The van der Waals surface area contributed by atoms with E-state index >= 15 is 0 Å². The van der Waals surface area contributed by atoms with E-state index in [-0.39, 0.29) is 12.7 Å². The normalized spacial score (nSPS) is 19.9. The molecule has 0 atom stereocenters. The van der Waals surface area contributed by atoms with Crippen LogP contribution in [0.3, 0.4) is 0 Å². The smallest absolute Gasteiger partial charge is 0.246 e. The van der Waals surface area contributed by atoms with Gasteiger partial charge in [0.1, 0.15) is 0 Å². The minimum Gasteiger partial charge on any atom is -0.454 e. The number of nitrogens with zero attached hydrogens (tertiary/aromatic N) is 2. The Balaban J connectivity index is 1.15. The number of benzene rings is 1. The second-order valence-corrected chi connectivity index (χ2v) is 8.59. The first-order chi connectivity index (χ1) is 13.8. The van der Waals surface area contributed by atoms with Crippen molar-refractivity contribution in [2.75, 3.05) is 26.4 Å². The van der Waals surface area contributed by atoms with E-state index in [1.54, 1.807) is 11.0 Å². The molecular formula is C22H24N2O3S. The van der Waals surface area contributed by atoms with Crippen LogP contribution in [-0.2, 0) is 17.8 Å². The van der Waals surface area contributed by atoms with Crippen molar-refractivity contribution >= 4 is 23.3 Å². The molecular weight excluding hydrogens is 372 g/mol. The number of fused-ring (bicyclic) bond motifs is 2. The third kappa shape index (κ3) is 3.54. The molecule has 4 heterocycles. The SMILES string of the molecule is O=C(/C=C/c1ccc2c(c1)OCO2)N1CCC(N2CCc3sccc3C2)CC1. The molecule has 1 saturated heterocycles. The van der Waals surface area contributed by atoms with Gasteiger partial charge in [0, 0.05) is 43.2 Å². The lowest BCUT2D eigenvalue weighted by atomic mass is 9.99. The molecule has 146 valence electrons. The molecule has 0 saturated carbocycles. The third-order valence-corrected chi connectivity index (χ3v) is 6.97. The van der Waals surface area contributed by atoms with E-state index in [4.69, 9.17) is 9.47 Å². The lowest BCUT2D eigenvalue weighted by molar-refractivity contribution is -0.127. The summed E-state index contributed by atoms with van der Waals surface area (Å²) < 4.78 is 10.7. The van der Waals surface area contributed by atoms with Gasteiger partial charge in [-0.25, -0.2) is 0 Å². The average molecular weight is 397 g/mol. The summed E-state index contributed by atoms with van der Waals surface area (Å²) >= 11 is 1.89. The fourth-order valence-electron chi connectivity index (χ4n) is 4.32. The van der Waals surface area contributed by atoms with Gasteiger partial charge in [-0.2, -0.15) is 0 Å². The molecule has 0 unspecified atom stereocenters. The van der Waals surface area contributed by atoms with Crippen molar-refractivity contribution in [2.45, 2.75) is 31.8 Å². The molecule has 0 radical (unpaired) electrons. The highest BCUT2D eigenvalue weighted by Gasteiger charge is 2.28. The number of carbonyl (C=O) groups is 1. The largest absolute Gasteiger partial charge is 0.454 e. The van der Waals surface area contributed by atoms with Crippen LogP contribution in [0.1, 0.15) is 28.8 Å². The Bertz CT molecular complexity index is 899. The number of thiophene rings is 1. The zero-order valence-electron chi connectivity index (χ0n) is 15.8. The van der Waals surface area contributed by atoms with E-state index in [9.17, 15) is 4.79 Å². The summed E-state index contributed by atoms with van der Waals surface area (Å²) in [7, 11) is 0. The molecule has 1 fully saturated rings. The maximum absolute atomic E-state index is 12.6. The van der Waals surface area contributed by atoms with Crippen molar-refractivity contribution < 1.29 is 14.3 Å². The Hall–Kier alpha value is -2.31. The standard InChI is InChI=1S/C22H24N2O3S/c25-22(4-2-16-1-3-19-20(13-16)27-15-26-19)23-9-5-18(6-10-23)24-11-7-21-17(14-24)8-12-28-21/h1-4,8,12-13,18H,5-7,9-11,14-15H2/b4-2+. The summed E-state index contributed by atoms with van der Waals surface area (Å²) in [6.45, 7) is 4.16. The van der Waals surface area contributed by atoms with Crippen LogP contribution in [0, 0.1) is 0 Å². The number of hydrogen-bond donors (Lipinski definition) is 0. The average Bonchev–Trinajstić information content (AvgIpc) is 3.40. The Kier molecular flexibility index (Phi) is 4.82. The van der Waals surface area contributed by atoms with Crippen LogP contribution in [-0.4, -0.2) is 48.2 Å². The van der Waals surface area contributed by atoms with Gasteiger partial charge in [-0.3, -0.25) is 9.69 Å². The molecule has 1 aromatic heterocycles. The molecule has 5 rings (SSSR count). The molecule has 1 amide bonds. The van der Waals surface area contributed by atoms with Crippen molar-refractivity contribution in [1.29, 1.82) is 0 Å². The zero-order valence-corrected chi connectivity index (χ0v) is 16.6. The second kappa shape index (κ2) is 7.60. The van der Waals surface area contributed by atoms with E-state index in [0.29, 0.717) is 6.04 Å². The quantitative estimate of drug-likeness (QED) is 0.745. The number of hydrogen-bond acceptors (Lipinski definition) is 5. The van der Waals surface area contributed by atoms with Crippen LogP contribution in [0.15, 0.2) is 35.7 Å². The van der Waals surface area contributed by atoms with Crippen molar-refractivity contribution in [3.8, 4) is 11.5 Å². The number of piperidine rings is 1. The van der Waals surface area contributed by atoms with Crippen molar-refractivity contribution in [3.05, 3.63) is 51.7 Å². The van der Waals surface area contributed by atoms with E-state index in [1.807, 2.05) is 40.5 Å². The van der Waals surface area contributed by atoms with Gasteiger partial charge in [0.05, 0.1) is 0 Å². The lowest BCUT2D eigenvalue weighted by Gasteiger charge is -2.40. The minimum absolute atomic E-state index is 0.0925. The predicted molar refractivity (Wildman–Crippen MR) is 110 cm³/mol. The highest BCUT2D eigenvalue weighted by molar-refractivity contribution is 7.10. The molecule has 28 heavy (non-hydrogen) atoms. The van der Waals surface area contributed by atoms with Gasteiger partial charge in [0.25, 0.3) is 0 Å². The summed E-state index contributed by atoms with van der Waals surface area (Å²) in [5.74, 6) is 1.60. The van der Waals surface area contributed by atoms with Gasteiger partial charge in [-0.05, 0) is 60.0 Å². The molecule has 0 bridgehead atoms. The van der Waals surface area contributed by atoms with E-state index in [1.165, 1.54) is 12.0 Å². The van der Waals surface area contributed by atoms with Crippen molar-refractivity contribution in [2.24, 2.45) is 0 Å². The first-order valence-electron chi connectivity index (χ1n) is 9.92. The molecule has 2 aromatic rings. The highest BCUT2D eigenvalue weighted by atomic mass is 32.1. The van der Waals surface area contributed by atoms with Gasteiger partial charge in [-0.1, -0.05) is 6.07 Å². The van der Waals surface area contributed by atoms with Crippen molar-refractivity contribution in [3.63, 3.8) is 0 Å². The first-order valence-corrected chi connectivity index (χ1v) is 10.8. The Morgan fingerprint density at radius 3 is 2.86 bits per heavy atom. The van der Waals surface area contributed by atoms with E-state index in [0.717, 1.165) is 56.1 Å². The molecule has 0 spiro atoms. The maximum atomic E-state index is 12.6. The Morgan fingerprint density at radius 2 is 1.96 bits per heavy atom. The number of likely N-dealkylation sites (tertiary alicyclic amines) is 1. The number of carbonyl (C=O) groups excluding carboxylic acids is 1. The van der Waals surface area contributed by atoms with Gasteiger partial charge < -0.3 is 14.4 Å². The molecule has 1 aromatic carbocycles. The molecule has 0 aliphatic carbocycles. The van der Waals surface area contributed by atoms with Crippen LogP contribution >= 0.6 is 11.3 Å². The van der Waals surface area contributed by atoms with Gasteiger partial charge in [0.2, 0.25) is 12.7 Å². The number of rotatable bonds is 3. The molecule has 0 N–H and O–H groups in total. The first kappa shape index (κ1) is 17.8. The molecule has 5 nitrogen and oxygen atoms in total. The predicted octanol–water partition coefficient (Wildman–Crippen LogP) is 3.54. The Labute approximate surface area is 169 Å². The molecule has 3 aliphatic rings. The van der Waals surface area contributed by atoms with E-state index < -0.39 is 0 Å². The minimum atomic E-state index is 0.0925. The second-order valence-electron chi connectivity index (χ2n) is 7.59. The van der Waals surface area contributed by atoms with Crippen LogP contribution < -0.4 is 9.47 Å². The Morgan fingerprint density at radius 1 is 1.11 bits per heavy atom. The molecule has 6 heteroatoms. The van der Waals surface area contributed by atoms with Crippen LogP contribution in [0.2, 0.25) is 0 Å². The van der Waals surface area contributed by atoms with Gasteiger partial charge >= 0.3 is 0 Å². The van der Waals surface area contributed by atoms with Gasteiger partial charge in [-0.15, -0.1) is 11.3 Å². The van der Waals surface area contributed by atoms with Crippen molar-refractivity contribution in [1.82, 2.24) is 9.80 Å². The third-order valence-electron chi connectivity index (χ3n) is 5.94. The molecule has 3 aliphatic heterocycles. The fourth-order valence-corrected chi connectivity index (χ4v) is 5.21. The van der Waals surface area contributed by atoms with E-state index in [2.05, 4.69) is 16.3 Å². The topological polar surface area (TPSA) is 42.0 Å². The summed E-state index contributed by atoms with van der Waals surface area (Å²) in [6.07, 6.45) is 6.83.